The second-order valence-electron chi connectivity index (χ2n) is 4.18. The summed E-state index contributed by atoms with van der Waals surface area (Å²) in [7, 11) is 0. The second kappa shape index (κ2) is 10.7. The van der Waals surface area contributed by atoms with Gasteiger partial charge in [0, 0.05) is 5.57 Å². The summed E-state index contributed by atoms with van der Waals surface area (Å²) in [6, 6.07) is 0. The molecule has 0 aliphatic carbocycles. The average molecular weight is 227 g/mol. The summed E-state index contributed by atoms with van der Waals surface area (Å²) >= 11 is 0. The molecule has 0 bridgehead atoms. The molecule has 0 amide bonds. The largest absolute Gasteiger partial charge is 0.478 e. The van der Waals surface area contributed by atoms with Gasteiger partial charge in [-0.3, -0.25) is 0 Å². The number of hydrogen-bond acceptors (Lipinski definition) is 2. The number of carboxylic acid groups (broad SMARTS) is 1. The predicted octanol–water partition coefficient (Wildman–Crippen LogP) is 2.97. The molecule has 0 fully saturated rings. The number of rotatable bonds is 11. The highest BCUT2D eigenvalue weighted by Crippen LogP contribution is 2.04. The highest BCUT2D eigenvalue weighted by molar-refractivity contribution is 5.85. The van der Waals surface area contributed by atoms with Crippen LogP contribution in [0.2, 0.25) is 0 Å². The topological polar surface area (TPSA) is 49.3 Å². The fourth-order valence-corrected chi connectivity index (χ4v) is 1.50. The number of carbonyl (C=O) groups is 1. The van der Waals surface area contributed by atoms with Crippen molar-refractivity contribution in [2.24, 2.45) is 0 Å². The highest BCUT2D eigenvalue weighted by atomic mass is 16.4. The van der Waals surface area contributed by atoms with E-state index in [9.17, 15) is 4.79 Å². The lowest BCUT2D eigenvalue weighted by Crippen LogP contribution is -2.18. The van der Waals surface area contributed by atoms with Crippen molar-refractivity contribution in [3.63, 3.8) is 0 Å². The lowest BCUT2D eigenvalue weighted by Gasteiger charge is -2.04. The Bertz CT molecular complexity index is 202. The first kappa shape index (κ1) is 15.2. The van der Waals surface area contributed by atoms with E-state index in [1.807, 2.05) is 0 Å². The van der Waals surface area contributed by atoms with Gasteiger partial charge in [-0.15, -0.1) is 0 Å². The summed E-state index contributed by atoms with van der Waals surface area (Å²) in [5.74, 6) is -0.888. The van der Waals surface area contributed by atoms with E-state index in [2.05, 4.69) is 18.8 Å². The number of hydrogen-bond donors (Lipinski definition) is 2. The summed E-state index contributed by atoms with van der Waals surface area (Å²) in [4.78, 5) is 10.4. The normalized spacial score (nSPS) is 10.3. The third-order valence-corrected chi connectivity index (χ3v) is 2.61. The van der Waals surface area contributed by atoms with Gasteiger partial charge in [-0.1, -0.05) is 45.6 Å². The zero-order valence-corrected chi connectivity index (χ0v) is 10.4. The van der Waals surface area contributed by atoms with Gasteiger partial charge in [0.1, 0.15) is 0 Å². The van der Waals surface area contributed by atoms with Crippen molar-refractivity contribution in [2.45, 2.75) is 51.9 Å². The molecule has 0 radical (unpaired) electrons. The van der Waals surface area contributed by atoms with Crippen LogP contribution in [0, 0.1) is 0 Å². The van der Waals surface area contributed by atoms with Crippen molar-refractivity contribution < 1.29 is 9.90 Å². The van der Waals surface area contributed by atoms with Crippen LogP contribution in [0.4, 0.5) is 0 Å². The molecule has 0 aliphatic rings. The van der Waals surface area contributed by atoms with E-state index in [0.717, 1.165) is 13.1 Å². The van der Waals surface area contributed by atoms with E-state index in [-0.39, 0.29) is 5.57 Å². The van der Waals surface area contributed by atoms with E-state index in [4.69, 9.17) is 5.11 Å². The quantitative estimate of drug-likeness (QED) is 0.421. The van der Waals surface area contributed by atoms with Crippen molar-refractivity contribution in [1.82, 2.24) is 5.32 Å². The van der Waals surface area contributed by atoms with Crippen LogP contribution in [-0.4, -0.2) is 24.2 Å². The first-order chi connectivity index (χ1) is 7.68. The van der Waals surface area contributed by atoms with Gasteiger partial charge in [0.15, 0.2) is 0 Å². The highest BCUT2D eigenvalue weighted by Gasteiger charge is 2.01. The van der Waals surface area contributed by atoms with Gasteiger partial charge in [-0.2, -0.15) is 0 Å². The Morgan fingerprint density at radius 3 is 2.38 bits per heavy atom. The standard InChI is InChI=1S/C13H25NO2/c1-3-4-5-6-7-8-10-14-11-9-12(2)13(15)16/h14H,2-11H2,1H3,(H,15,16). The molecule has 3 nitrogen and oxygen atoms in total. The summed E-state index contributed by atoms with van der Waals surface area (Å²) in [6.07, 6.45) is 8.27. The van der Waals surface area contributed by atoms with Gasteiger partial charge in [-0.25, -0.2) is 4.79 Å². The Kier molecular flexibility index (Phi) is 10.1. The van der Waals surface area contributed by atoms with Gasteiger partial charge in [0.25, 0.3) is 0 Å². The van der Waals surface area contributed by atoms with Crippen LogP contribution in [0.25, 0.3) is 0 Å². The lowest BCUT2D eigenvalue weighted by atomic mass is 10.1. The molecule has 0 atom stereocenters. The Balaban J connectivity index is 3.10. The minimum absolute atomic E-state index is 0.287. The monoisotopic (exact) mass is 227 g/mol. The maximum Gasteiger partial charge on any atom is 0.330 e. The molecule has 3 heteroatoms. The molecule has 16 heavy (non-hydrogen) atoms. The third kappa shape index (κ3) is 9.71. The SMILES string of the molecule is C=C(CCNCCCCCCCC)C(=O)O. The van der Waals surface area contributed by atoms with Crippen LogP contribution >= 0.6 is 0 Å². The number of aliphatic carboxylic acids is 1. The molecule has 2 N–H and O–H groups in total. The Labute approximate surface area is 98.9 Å². The maximum absolute atomic E-state index is 10.4. The minimum atomic E-state index is -0.888. The van der Waals surface area contributed by atoms with Crippen LogP contribution < -0.4 is 5.32 Å². The molecule has 0 saturated heterocycles. The molecule has 0 aromatic carbocycles. The van der Waals surface area contributed by atoms with Gasteiger partial charge in [0.05, 0.1) is 0 Å². The molecule has 0 aromatic rings. The zero-order chi connectivity index (χ0) is 12.2. The maximum atomic E-state index is 10.4. The van der Waals surface area contributed by atoms with Crippen LogP contribution in [0.3, 0.4) is 0 Å². The van der Waals surface area contributed by atoms with Crippen molar-refractivity contribution in [1.29, 1.82) is 0 Å². The van der Waals surface area contributed by atoms with Gasteiger partial charge < -0.3 is 10.4 Å². The molecule has 0 aliphatic heterocycles. The Morgan fingerprint density at radius 2 is 1.75 bits per heavy atom. The van der Waals surface area contributed by atoms with Crippen molar-refractivity contribution in [2.75, 3.05) is 13.1 Å². The molecular formula is C13H25NO2. The van der Waals surface area contributed by atoms with Crippen molar-refractivity contribution in [3.05, 3.63) is 12.2 Å². The Morgan fingerprint density at radius 1 is 1.12 bits per heavy atom. The lowest BCUT2D eigenvalue weighted by molar-refractivity contribution is -0.132. The van der Waals surface area contributed by atoms with Crippen molar-refractivity contribution in [3.8, 4) is 0 Å². The first-order valence-electron chi connectivity index (χ1n) is 6.30. The zero-order valence-electron chi connectivity index (χ0n) is 10.4. The van der Waals surface area contributed by atoms with Crippen LogP contribution in [0.15, 0.2) is 12.2 Å². The fraction of sp³-hybridized carbons (Fsp3) is 0.769. The molecule has 0 rings (SSSR count). The summed E-state index contributed by atoms with van der Waals surface area (Å²) in [6.45, 7) is 7.41. The smallest absolute Gasteiger partial charge is 0.330 e. The van der Waals surface area contributed by atoms with E-state index in [1.165, 1.54) is 38.5 Å². The van der Waals surface area contributed by atoms with Gasteiger partial charge in [-0.05, 0) is 25.9 Å². The number of nitrogens with one attached hydrogen (secondary N) is 1. The average Bonchev–Trinajstić information content (AvgIpc) is 2.26. The molecular weight excluding hydrogens is 202 g/mol. The number of unbranched alkanes of at least 4 members (excludes halogenated alkanes) is 5. The summed E-state index contributed by atoms with van der Waals surface area (Å²) in [5.41, 5.74) is 0.287. The predicted molar refractivity (Wildman–Crippen MR) is 67.6 cm³/mol. The molecule has 94 valence electrons. The van der Waals surface area contributed by atoms with Gasteiger partial charge >= 0.3 is 5.97 Å². The van der Waals surface area contributed by atoms with Crippen LogP contribution in [0.5, 0.6) is 0 Å². The summed E-state index contributed by atoms with van der Waals surface area (Å²) < 4.78 is 0. The molecule has 0 unspecified atom stereocenters. The minimum Gasteiger partial charge on any atom is -0.478 e. The van der Waals surface area contributed by atoms with Crippen LogP contribution in [-0.2, 0) is 4.79 Å². The van der Waals surface area contributed by atoms with Gasteiger partial charge in [0.2, 0.25) is 0 Å². The van der Waals surface area contributed by atoms with E-state index >= 15 is 0 Å². The third-order valence-electron chi connectivity index (χ3n) is 2.61. The summed E-state index contributed by atoms with van der Waals surface area (Å²) in [5, 5.41) is 11.8. The number of carboxylic acids is 1. The van der Waals surface area contributed by atoms with E-state index in [1.54, 1.807) is 0 Å². The first-order valence-corrected chi connectivity index (χ1v) is 6.30. The molecule has 0 saturated carbocycles. The molecule has 0 spiro atoms. The molecule has 0 aromatic heterocycles. The fourth-order valence-electron chi connectivity index (χ4n) is 1.50. The molecule has 0 heterocycles. The van der Waals surface area contributed by atoms with E-state index < -0.39 is 5.97 Å². The van der Waals surface area contributed by atoms with E-state index in [0.29, 0.717) is 6.42 Å². The second-order valence-corrected chi connectivity index (χ2v) is 4.18. The van der Waals surface area contributed by atoms with Crippen LogP contribution in [0.1, 0.15) is 51.9 Å². The van der Waals surface area contributed by atoms with Crippen molar-refractivity contribution >= 4 is 5.97 Å². The Hall–Kier alpha value is -0.830.